The number of para-hydroxylation sites is 1. The van der Waals surface area contributed by atoms with E-state index in [0.717, 1.165) is 16.8 Å². The summed E-state index contributed by atoms with van der Waals surface area (Å²) in [4.78, 5) is 21.4. The van der Waals surface area contributed by atoms with E-state index in [1.165, 1.54) is 0 Å². The smallest absolute Gasteiger partial charge is 0.274 e. The van der Waals surface area contributed by atoms with Crippen LogP contribution in [0.25, 0.3) is 0 Å². The van der Waals surface area contributed by atoms with Crippen LogP contribution in [-0.2, 0) is 0 Å². The maximum absolute atomic E-state index is 12.8. The van der Waals surface area contributed by atoms with Crippen LogP contribution in [0.15, 0.2) is 42.5 Å². The Morgan fingerprint density at radius 1 is 0.897 bits per heavy atom. The fourth-order valence-corrected chi connectivity index (χ4v) is 3.00. The molecule has 7 heteroatoms. The van der Waals surface area contributed by atoms with Crippen molar-refractivity contribution in [2.45, 2.75) is 20.8 Å². The SMILES string of the molecule is COc1ccc(NC(=O)c2cc(Nc3c(C)cccc3C)nc(C)n2)cc1OC. The number of aromatic nitrogens is 2. The summed E-state index contributed by atoms with van der Waals surface area (Å²) in [5.74, 6) is 1.84. The van der Waals surface area contributed by atoms with E-state index in [1.807, 2.05) is 32.0 Å². The van der Waals surface area contributed by atoms with Crippen molar-refractivity contribution in [3.05, 3.63) is 65.1 Å². The van der Waals surface area contributed by atoms with Crippen LogP contribution < -0.4 is 20.1 Å². The van der Waals surface area contributed by atoms with E-state index >= 15 is 0 Å². The maximum atomic E-state index is 12.8. The monoisotopic (exact) mass is 392 g/mol. The maximum Gasteiger partial charge on any atom is 0.274 e. The van der Waals surface area contributed by atoms with Gasteiger partial charge in [-0.05, 0) is 44.0 Å². The number of nitrogens with one attached hydrogen (secondary N) is 2. The number of benzene rings is 2. The van der Waals surface area contributed by atoms with Gasteiger partial charge in [0.15, 0.2) is 11.5 Å². The number of methoxy groups -OCH3 is 2. The summed E-state index contributed by atoms with van der Waals surface area (Å²) in [6.45, 7) is 5.80. The van der Waals surface area contributed by atoms with Gasteiger partial charge in [0, 0.05) is 23.5 Å². The van der Waals surface area contributed by atoms with Crippen molar-refractivity contribution in [2.24, 2.45) is 0 Å². The van der Waals surface area contributed by atoms with E-state index in [9.17, 15) is 4.79 Å². The van der Waals surface area contributed by atoms with Crippen LogP contribution >= 0.6 is 0 Å². The largest absolute Gasteiger partial charge is 0.493 e. The Morgan fingerprint density at radius 3 is 2.24 bits per heavy atom. The number of rotatable bonds is 6. The van der Waals surface area contributed by atoms with E-state index in [-0.39, 0.29) is 11.6 Å². The fraction of sp³-hybridized carbons (Fsp3) is 0.227. The molecule has 0 spiro atoms. The second-order valence-electron chi connectivity index (χ2n) is 6.60. The zero-order chi connectivity index (χ0) is 21.0. The number of nitrogens with zero attached hydrogens (tertiary/aromatic N) is 2. The molecule has 29 heavy (non-hydrogen) atoms. The predicted molar refractivity (Wildman–Crippen MR) is 113 cm³/mol. The van der Waals surface area contributed by atoms with Gasteiger partial charge in [-0.25, -0.2) is 9.97 Å². The number of carbonyl (C=O) groups excluding carboxylic acids is 1. The third-order valence-corrected chi connectivity index (χ3v) is 4.45. The van der Waals surface area contributed by atoms with Gasteiger partial charge in [-0.2, -0.15) is 0 Å². The lowest BCUT2D eigenvalue weighted by molar-refractivity contribution is 0.102. The van der Waals surface area contributed by atoms with Crippen LogP contribution in [0.3, 0.4) is 0 Å². The first kappa shape index (κ1) is 20.1. The van der Waals surface area contributed by atoms with Crippen molar-refractivity contribution in [1.82, 2.24) is 9.97 Å². The van der Waals surface area contributed by atoms with E-state index in [4.69, 9.17) is 9.47 Å². The third kappa shape index (κ3) is 4.63. The minimum Gasteiger partial charge on any atom is -0.493 e. The van der Waals surface area contributed by atoms with Gasteiger partial charge < -0.3 is 20.1 Å². The molecule has 3 rings (SSSR count). The van der Waals surface area contributed by atoms with Gasteiger partial charge >= 0.3 is 0 Å². The molecule has 2 aromatic carbocycles. The molecule has 0 saturated heterocycles. The number of anilines is 3. The Labute approximate surface area is 170 Å². The molecule has 0 unspecified atom stereocenters. The van der Waals surface area contributed by atoms with Gasteiger partial charge in [0.25, 0.3) is 5.91 Å². The summed E-state index contributed by atoms with van der Waals surface area (Å²) in [5, 5.41) is 6.14. The van der Waals surface area contributed by atoms with Crippen molar-refractivity contribution >= 4 is 23.1 Å². The molecule has 0 bridgehead atoms. The van der Waals surface area contributed by atoms with Crippen LogP contribution in [0.2, 0.25) is 0 Å². The van der Waals surface area contributed by atoms with Crippen LogP contribution in [-0.4, -0.2) is 30.1 Å². The average molecular weight is 392 g/mol. The normalized spacial score (nSPS) is 10.4. The quantitative estimate of drug-likeness (QED) is 0.646. The predicted octanol–water partition coefficient (Wildman–Crippen LogP) is 4.41. The molecule has 0 atom stereocenters. The first-order chi connectivity index (χ1) is 13.9. The molecule has 0 saturated carbocycles. The highest BCUT2D eigenvalue weighted by molar-refractivity contribution is 6.03. The summed E-state index contributed by atoms with van der Waals surface area (Å²) in [5.41, 5.74) is 4.00. The van der Waals surface area contributed by atoms with Gasteiger partial charge in [-0.15, -0.1) is 0 Å². The van der Waals surface area contributed by atoms with Crippen LogP contribution in [0.5, 0.6) is 11.5 Å². The Hall–Kier alpha value is -3.61. The number of hydrogen-bond acceptors (Lipinski definition) is 6. The molecule has 1 heterocycles. The van der Waals surface area contributed by atoms with Crippen molar-refractivity contribution in [3.63, 3.8) is 0 Å². The number of ether oxygens (including phenoxy) is 2. The highest BCUT2D eigenvalue weighted by Gasteiger charge is 2.14. The van der Waals surface area contributed by atoms with Crippen molar-refractivity contribution in [2.75, 3.05) is 24.9 Å². The molecule has 0 aliphatic heterocycles. The topological polar surface area (TPSA) is 85.4 Å². The molecule has 2 N–H and O–H groups in total. The molecular weight excluding hydrogens is 368 g/mol. The van der Waals surface area contributed by atoms with Crippen molar-refractivity contribution in [1.29, 1.82) is 0 Å². The van der Waals surface area contributed by atoms with E-state index < -0.39 is 0 Å². The summed E-state index contributed by atoms with van der Waals surface area (Å²) in [7, 11) is 3.10. The fourth-order valence-electron chi connectivity index (χ4n) is 3.00. The molecule has 7 nitrogen and oxygen atoms in total. The third-order valence-electron chi connectivity index (χ3n) is 4.45. The standard InChI is InChI=1S/C22H24N4O3/c1-13-7-6-8-14(2)21(13)26-20-12-17(23-15(3)24-20)22(27)25-16-9-10-18(28-4)19(11-16)29-5/h6-12H,1-5H3,(H,25,27)(H,23,24,26). The van der Waals surface area contributed by atoms with E-state index in [2.05, 4.69) is 20.6 Å². The van der Waals surface area contributed by atoms with Gasteiger partial charge in [-0.3, -0.25) is 4.79 Å². The number of aryl methyl sites for hydroxylation is 3. The highest BCUT2D eigenvalue weighted by atomic mass is 16.5. The number of amides is 1. The molecule has 1 amide bonds. The van der Waals surface area contributed by atoms with Crippen LogP contribution in [0.4, 0.5) is 17.2 Å². The Kier molecular flexibility index (Phi) is 5.97. The summed E-state index contributed by atoms with van der Waals surface area (Å²) in [6, 6.07) is 12.8. The van der Waals surface area contributed by atoms with E-state index in [0.29, 0.717) is 28.8 Å². The highest BCUT2D eigenvalue weighted by Crippen LogP contribution is 2.30. The second-order valence-corrected chi connectivity index (χ2v) is 6.60. The lowest BCUT2D eigenvalue weighted by Gasteiger charge is -2.13. The van der Waals surface area contributed by atoms with Gasteiger partial charge in [0.2, 0.25) is 0 Å². The second kappa shape index (κ2) is 8.60. The van der Waals surface area contributed by atoms with Crippen molar-refractivity contribution < 1.29 is 14.3 Å². The minimum absolute atomic E-state index is 0.265. The molecule has 1 aromatic heterocycles. The Morgan fingerprint density at radius 2 is 1.59 bits per heavy atom. The number of carbonyl (C=O) groups is 1. The van der Waals surface area contributed by atoms with Crippen LogP contribution in [0.1, 0.15) is 27.4 Å². The Bertz CT molecular complexity index is 1030. The Balaban J connectivity index is 1.85. The van der Waals surface area contributed by atoms with Crippen molar-refractivity contribution in [3.8, 4) is 11.5 Å². The minimum atomic E-state index is -0.340. The molecule has 0 radical (unpaired) electrons. The lowest BCUT2D eigenvalue weighted by atomic mass is 10.1. The average Bonchev–Trinajstić information content (AvgIpc) is 2.70. The molecule has 0 fully saturated rings. The van der Waals surface area contributed by atoms with Gasteiger partial charge in [0.05, 0.1) is 14.2 Å². The van der Waals surface area contributed by atoms with Crippen LogP contribution in [0, 0.1) is 20.8 Å². The van der Waals surface area contributed by atoms with Gasteiger partial charge in [0.1, 0.15) is 17.3 Å². The molecule has 0 aliphatic rings. The zero-order valence-corrected chi connectivity index (χ0v) is 17.2. The molecule has 150 valence electrons. The van der Waals surface area contributed by atoms with E-state index in [1.54, 1.807) is 45.4 Å². The number of hydrogen-bond donors (Lipinski definition) is 2. The van der Waals surface area contributed by atoms with Gasteiger partial charge in [-0.1, -0.05) is 18.2 Å². The molecule has 0 aliphatic carbocycles. The summed E-state index contributed by atoms with van der Waals surface area (Å²) in [6.07, 6.45) is 0. The molecular formula is C22H24N4O3. The first-order valence-electron chi connectivity index (χ1n) is 9.13. The lowest BCUT2D eigenvalue weighted by Crippen LogP contribution is -2.15. The summed E-state index contributed by atoms with van der Waals surface area (Å²) < 4.78 is 10.5. The first-order valence-corrected chi connectivity index (χ1v) is 9.13. The zero-order valence-electron chi connectivity index (χ0n) is 17.2. The molecule has 3 aromatic rings. The summed E-state index contributed by atoms with van der Waals surface area (Å²) >= 11 is 0.